The van der Waals surface area contributed by atoms with Gasteiger partial charge in [-0.1, -0.05) is 23.7 Å². The van der Waals surface area contributed by atoms with E-state index < -0.39 is 20.0 Å². The zero-order chi connectivity index (χ0) is 16.7. The molecule has 2 aromatic carbocycles. The number of sulfonamides is 2. The van der Waals surface area contributed by atoms with Crippen LogP contribution in [0.25, 0.3) is 0 Å². The molecule has 0 saturated heterocycles. The number of rotatable bonds is 3. The number of nitrogens with zero attached hydrogens (tertiary/aromatic N) is 1. The molecule has 7 nitrogen and oxygen atoms in total. The van der Waals surface area contributed by atoms with E-state index in [1.807, 2.05) is 0 Å². The summed E-state index contributed by atoms with van der Waals surface area (Å²) in [5.74, 6) is 0. The Labute approximate surface area is 138 Å². The lowest BCUT2D eigenvalue weighted by atomic mass is 10.3. The number of para-hydroxylation sites is 1. The van der Waals surface area contributed by atoms with E-state index in [-0.39, 0.29) is 26.2 Å². The van der Waals surface area contributed by atoms with Gasteiger partial charge in [0.25, 0.3) is 20.0 Å². The first-order chi connectivity index (χ1) is 10.8. The maximum Gasteiger partial charge on any atom is 0.285 e. The molecule has 120 valence electrons. The second kappa shape index (κ2) is 5.52. The van der Waals surface area contributed by atoms with Crippen molar-refractivity contribution in [2.45, 2.75) is 9.79 Å². The molecule has 0 spiro atoms. The molecule has 0 fully saturated rings. The molecule has 0 unspecified atom stereocenters. The molecule has 3 rings (SSSR count). The van der Waals surface area contributed by atoms with Gasteiger partial charge in [-0.3, -0.25) is 4.72 Å². The van der Waals surface area contributed by atoms with E-state index in [0.717, 1.165) is 12.4 Å². The third kappa shape index (κ3) is 3.03. The minimum Gasteiger partial charge on any atom is -0.345 e. The Balaban J connectivity index is 2.04. The standard InChI is InChI=1S/C13H10ClN3O4S2/c14-10-3-1-2-4-11(10)17-22(18,19)9-5-6-12-13(7-9)23(20,21)16-8-15-12/h1-8,17H,(H,15,16). The Bertz CT molecular complexity index is 1020. The van der Waals surface area contributed by atoms with E-state index in [9.17, 15) is 16.8 Å². The lowest BCUT2D eigenvalue weighted by Gasteiger charge is -2.14. The van der Waals surface area contributed by atoms with Crippen molar-refractivity contribution in [3.8, 4) is 0 Å². The number of anilines is 2. The molecule has 0 amide bonds. The first kappa shape index (κ1) is 15.8. The summed E-state index contributed by atoms with van der Waals surface area (Å²) in [5, 5.41) is 2.88. The number of nitrogens with one attached hydrogen (secondary N) is 2. The lowest BCUT2D eigenvalue weighted by molar-refractivity contribution is 0.597. The van der Waals surface area contributed by atoms with Crippen molar-refractivity contribution in [1.82, 2.24) is 0 Å². The zero-order valence-electron chi connectivity index (χ0n) is 11.4. The van der Waals surface area contributed by atoms with E-state index in [1.165, 1.54) is 24.3 Å². The van der Waals surface area contributed by atoms with Crippen LogP contribution in [0.3, 0.4) is 0 Å². The third-order valence-corrected chi connectivity index (χ3v) is 6.04. The Morgan fingerprint density at radius 1 is 1.13 bits per heavy atom. The van der Waals surface area contributed by atoms with Crippen molar-refractivity contribution < 1.29 is 16.8 Å². The molecular weight excluding hydrogens is 362 g/mol. The lowest BCUT2D eigenvalue weighted by Crippen LogP contribution is -2.16. The van der Waals surface area contributed by atoms with Gasteiger partial charge in [-0.25, -0.2) is 8.42 Å². The highest BCUT2D eigenvalue weighted by molar-refractivity contribution is 7.93. The average molecular weight is 372 g/mol. The fourth-order valence-electron chi connectivity index (χ4n) is 1.97. The van der Waals surface area contributed by atoms with Gasteiger partial charge in [-0.2, -0.15) is 8.42 Å². The van der Waals surface area contributed by atoms with E-state index >= 15 is 0 Å². The molecule has 1 aliphatic heterocycles. The van der Waals surface area contributed by atoms with Crippen molar-refractivity contribution in [1.29, 1.82) is 0 Å². The quantitative estimate of drug-likeness (QED) is 0.861. The number of hydrogen-bond acceptors (Lipinski definition) is 5. The van der Waals surface area contributed by atoms with Crippen LogP contribution in [0.2, 0.25) is 5.02 Å². The van der Waals surface area contributed by atoms with Crippen LogP contribution in [0.5, 0.6) is 0 Å². The smallest absolute Gasteiger partial charge is 0.285 e. The molecule has 0 bridgehead atoms. The van der Waals surface area contributed by atoms with Gasteiger partial charge in [-0.15, -0.1) is 4.40 Å². The van der Waals surface area contributed by atoms with E-state index in [0.29, 0.717) is 0 Å². The van der Waals surface area contributed by atoms with Crippen molar-refractivity contribution in [3.05, 3.63) is 47.5 Å². The summed E-state index contributed by atoms with van der Waals surface area (Å²) in [4.78, 5) is -0.416. The molecule has 1 heterocycles. The van der Waals surface area contributed by atoms with Gasteiger partial charge in [0.05, 0.1) is 21.3 Å². The van der Waals surface area contributed by atoms with Crippen molar-refractivity contribution in [2.24, 2.45) is 4.40 Å². The predicted molar refractivity (Wildman–Crippen MR) is 88.0 cm³/mol. The van der Waals surface area contributed by atoms with Crippen LogP contribution in [0.15, 0.2) is 56.7 Å². The molecule has 10 heteroatoms. The van der Waals surface area contributed by atoms with Crippen LogP contribution in [-0.4, -0.2) is 23.2 Å². The topological polar surface area (TPSA) is 105 Å². The average Bonchev–Trinajstić information content (AvgIpc) is 2.49. The number of halogens is 1. The molecule has 0 radical (unpaired) electrons. The highest BCUT2D eigenvalue weighted by Crippen LogP contribution is 2.30. The van der Waals surface area contributed by atoms with Crippen molar-refractivity contribution >= 4 is 49.4 Å². The second-order valence-corrected chi connectivity index (χ2v) is 8.29. The molecule has 0 saturated carbocycles. The highest BCUT2D eigenvalue weighted by atomic mass is 35.5. The first-order valence-corrected chi connectivity index (χ1v) is 9.56. The van der Waals surface area contributed by atoms with Crippen LogP contribution in [0.1, 0.15) is 0 Å². The predicted octanol–water partition coefficient (Wildman–Crippen LogP) is 2.28. The summed E-state index contributed by atoms with van der Waals surface area (Å²) in [6.07, 6.45) is 1.04. The Morgan fingerprint density at radius 3 is 2.61 bits per heavy atom. The molecule has 2 aromatic rings. The molecule has 0 aliphatic carbocycles. The fraction of sp³-hybridized carbons (Fsp3) is 0. The largest absolute Gasteiger partial charge is 0.345 e. The van der Waals surface area contributed by atoms with Crippen LogP contribution < -0.4 is 10.0 Å². The molecule has 23 heavy (non-hydrogen) atoms. The first-order valence-electron chi connectivity index (χ1n) is 6.26. The van der Waals surface area contributed by atoms with Gasteiger partial charge in [-0.05, 0) is 30.3 Å². The minimum absolute atomic E-state index is 0.200. The molecular formula is C13H10ClN3O4S2. The normalized spacial score (nSPS) is 15.5. The van der Waals surface area contributed by atoms with E-state index in [2.05, 4.69) is 14.4 Å². The summed E-state index contributed by atoms with van der Waals surface area (Å²) in [7, 11) is -7.92. The summed E-state index contributed by atoms with van der Waals surface area (Å²) in [5.41, 5.74) is 0.461. The maximum atomic E-state index is 12.4. The minimum atomic E-state index is -4.00. The molecule has 2 N–H and O–H groups in total. The van der Waals surface area contributed by atoms with Gasteiger partial charge >= 0.3 is 0 Å². The van der Waals surface area contributed by atoms with E-state index in [1.54, 1.807) is 12.1 Å². The number of benzene rings is 2. The summed E-state index contributed by atoms with van der Waals surface area (Å²) >= 11 is 5.93. The maximum absolute atomic E-state index is 12.4. The van der Waals surface area contributed by atoms with Gasteiger partial charge in [0.1, 0.15) is 11.2 Å². The molecule has 1 aliphatic rings. The van der Waals surface area contributed by atoms with Crippen LogP contribution in [0.4, 0.5) is 11.4 Å². The third-order valence-electron chi connectivity index (χ3n) is 3.07. The van der Waals surface area contributed by atoms with Crippen molar-refractivity contribution in [2.75, 3.05) is 10.0 Å². The van der Waals surface area contributed by atoms with Gasteiger partial charge in [0.2, 0.25) is 0 Å². The highest BCUT2D eigenvalue weighted by Gasteiger charge is 2.25. The number of fused-ring (bicyclic) bond motifs is 1. The second-order valence-electron chi connectivity index (χ2n) is 4.60. The van der Waals surface area contributed by atoms with Crippen LogP contribution in [0, 0.1) is 0 Å². The number of hydrogen-bond donors (Lipinski definition) is 2. The molecule has 0 atom stereocenters. The zero-order valence-corrected chi connectivity index (χ0v) is 13.8. The van der Waals surface area contributed by atoms with Crippen molar-refractivity contribution in [3.63, 3.8) is 0 Å². The summed E-state index contributed by atoms with van der Waals surface area (Å²) in [6.45, 7) is 0. The summed E-state index contributed by atoms with van der Waals surface area (Å²) in [6, 6.07) is 10.0. The van der Waals surface area contributed by atoms with E-state index in [4.69, 9.17) is 11.6 Å². The Kier molecular flexibility index (Phi) is 3.78. The fourth-order valence-corrected chi connectivity index (χ4v) is 4.38. The van der Waals surface area contributed by atoms with Gasteiger partial charge in [0, 0.05) is 0 Å². The Morgan fingerprint density at radius 2 is 1.87 bits per heavy atom. The SMILES string of the molecule is O=S1(=O)N=CNc2ccc(S(=O)(=O)Nc3ccccc3Cl)cc21. The monoisotopic (exact) mass is 371 g/mol. The van der Waals surface area contributed by atoms with Crippen LogP contribution in [-0.2, 0) is 20.0 Å². The Hall–Kier alpha value is -2.10. The van der Waals surface area contributed by atoms with Crippen LogP contribution >= 0.6 is 11.6 Å². The van der Waals surface area contributed by atoms with Gasteiger partial charge in [0.15, 0.2) is 0 Å². The van der Waals surface area contributed by atoms with Gasteiger partial charge < -0.3 is 5.32 Å². The molecule has 0 aromatic heterocycles. The summed E-state index contributed by atoms with van der Waals surface area (Å²) < 4.78 is 54.3.